The second kappa shape index (κ2) is 8.39. The highest BCUT2D eigenvalue weighted by Crippen LogP contribution is 2.30. The van der Waals surface area contributed by atoms with Crippen molar-refractivity contribution in [1.82, 2.24) is 5.32 Å². The molecule has 0 saturated heterocycles. The summed E-state index contributed by atoms with van der Waals surface area (Å²) in [5.74, 6) is 0.839. The van der Waals surface area contributed by atoms with Gasteiger partial charge in [-0.1, -0.05) is 29.8 Å². The molecule has 0 fully saturated rings. The zero-order valence-electron chi connectivity index (χ0n) is 17.7. The van der Waals surface area contributed by atoms with Crippen LogP contribution in [0.4, 0.5) is 0 Å². The summed E-state index contributed by atoms with van der Waals surface area (Å²) in [5, 5.41) is 14.2. The van der Waals surface area contributed by atoms with Crippen LogP contribution in [0.3, 0.4) is 0 Å². The summed E-state index contributed by atoms with van der Waals surface area (Å²) < 4.78 is 11.6. The van der Waals surface area contributed by atoms with Gasteiger partial charge in [0.1, 0.15) is 24.0 Å². The molecule has 0 amide bonds. The van der Waals surface area contributed by atoms with E-state index in [1.807, 2.05) is 65.0 Å². The quantitative estimate of drug-likeness (QED) is 0.580. The normalized spacial score (nSPS) is 12.9. The van der Waals surface area contributed by atoms with E-state index in [1.54, 1.807) is 12.1 Å². The highest BCUT2D eigenvalue weighted by Gasteiger charge is 2.20. The lowest BCUT2D eigenvalue weighted by atomic mass is 10.0. The number of nitrogens with one attached hydrogen (secondary N) is 1. The number of hydrogen-bond donors (Lipinski definition) is 2. The third-order valence-corrected chi connectivity index (χ3v) is 4.74. The summed E-state index contributed by atoms with van der Waals surface area (Å²) >= 11 is 0. The standard InChI is InChI=1S/C24H29NO4/c1-15-6-8-17(9-7-15)22(27)23-16(2)20-12-19(10-11-21(20)29-23)28-14-18(26)13-25-24(3,4)5/h6-12,18,25-26H,13-14H2,1-5H3. The van der Waals surface area contributed by atoms with E-state index in [-0.39, 0.29) is 17.9 Å². The minimum atomic E-state index is -0.617. The number of β-amino-alcohol motifs (C(OH)–C–C–N with tert-alkyl or cyclic N) is 1. The molecule has 154 valence electrons. The lowest BCUT2D eigenvalue weighted by Gasteiger charge is -2.22. The van der Waals surface area contributed by atoms with Crippen molar-refractivity contribution in [3.8, 4) is 5.75 Å². The van der Waals surface area contributed by atoms with Crippen LogP contribution in [0.15, 0.2) is 46.9 Å². The second-order valence-corrected chi connectivity index (χ2v) is 8.51. The molecule has 5 heteroatoms. The maximum atomic E-state index is 12.8. The van der Waals surface area contributed by atoms with Crippen LogP contribution in [0.5, 0.6) is 5.75 Å². The van der Waals surface area contributed by atoms with Crippen molar-refractivity contribution in [2.45, 2.75) is 46.3 Å². The third kappa shape index (κ3) is 5.25. The van der Waals surface area contributed by atoms with Crippen LogP contribution in [0.1, 0.15) is 48.0 Å². The van der Waals surface area contributed by atoms with E-state index < -0.39 is 6.10 Å². The van der Waals surface area contributed by atoms with Crippen molar-refractivity contribution >= 4 is 16.8 Å². The number of aliphatic hydroxyl groups excluding tert-OH is 1. The Balaban J connectivity index is 1.74. The SMILES string of the molecule is Cc1ccc(C(=O)c2oc3ccc(OCC(O)CNC(C)(C)C)cc3c2C)cc1. The molecule has 0 aliphatic heterocycles. The van der Waals surface area contributed by atoms with Gasteiger partial charge in [0.15, 0.2) is 5.76 Å². The minimum Gasteiger partial charge on any atom is -0.491 e. The Hall–Kier alpha value is -2.63. The van der Waals surface area contributed by atoms with Gasteiger partial charge in [0.25, 0.3) is 0 Å². The molecule has 29 heavy (non-hydrogen) atoms. The van der Waals surface area contributed by atoms with Crippen LogP contribution in [0.2, 0.25) is 0 Å². The molecule has 5 nitrogen and oxygen atoms in total. The lowest BCUT2D eigenvalue weighted by Crippen LogP contribution is -2.42. The first-order valence-electron chi connectivity index (χ1n) is 9.84. The Labute approximate surface area is 171 Å². The Morgan fingerprint density at radius 3 is 2.48 bits per heavy atom. The summed E-state index contributed by atoms with van der Waals surface area (Å²) in [6.07, 6.45) is -0.617. The van der Waals surface area contributed by atoms with E-state index in [0.717, 1.165) is 16.5 Å². The summed E-state index contributed by atoms with van der Waals surface area (Å²) in [6, 6.07) is 12.9. The number of benzene rings is 2. The summed E-state index contributed by atoms with van der Waals surface area (Å²) in [5.41, 5.74) is 3.06. The number of fused-ring (bicyclic) bond motifs is 1. The maximum absolute atomic E-state index is 12.8. The number of ketones is 1. The van der Waals surface area contributed by atoms with Gasteiger partial charge in [-0.15, -0.1) is 0 Å². The predicted octanol–water partition coefficient (Wildman–Crippen LogP) is 4.41. The van der Waals surface area contributed by atoms with E-state index in [1.165, 1.54) is 0 Å². The fourth-order valence-electron chi connectivity index (χ4n) is 3.02. The number of carbonyl (C=O) groups is 1. The van der Waals surface area contributed by atoms with Gasteiger partial charge >= 0.3 is 0 Å². The molecule has 0 bridgehead atoms. The van der Waals surface area contributed by atoms with Crippen LogP contribution >= 0.6 is 0 Å². The van der Waals surface area contributed by atoms with Gasteiger partial charge in [0.2, 0.25) is 5.78 Å². The molecule has 1 heterocycles. The Kier molecular flexibility index (Phi) is 6.10. The fraction of sp³-hybridized carbons (Fsp3) is 0.375. The number of ether oxygens (including phenoxy) is 1. The van der Waals surface area contributed by atoms with Crippen molar-refractivity contribution in [3.63, 3.8) is 0 Å². The van der Waals surface area contributed by atoms with Crippen LogP contribution in [0.25, 0.3) is 11.0 Å². The smallest absolute Gasteiger partial charge is 0.228 e. The Morgan fingerprint density at radius 2 is 1.83 bits per heavy atom. The number of aryl methyl sites for hydroxylation is 2. The van der Waals surface area contributed by atoms with Gasteiger partial charge in [0.05, 0.1) is 0 Å². The molecule has 0 saturated carbocycles. The molecule has 1 aromatic heterocycles. The van der Waals surface area contributed by atoms with Crippen LogP contribution in [-0.4, -0.2) is 35.7 Å². The predicted molar refractivity (Wildman–Crippen MR) is 115 cm³/mol. The molecule has 2 aromatic carbocycles. The zero-order valence-corrected chi connectivity index (χ0v) is 17.7. The third-order valence-electron chi connectivity index (χ3n) is 4.74. The summed E-state index contributed by atoms with van der Waals surface area (Å²) in [7, 11) is 0. The molecule has 0 aliphatic carbocycles. The van der Waals surface area contributed by atoms with E-state index in [0.29, 0.717) is 29.2 Å². The Bertz CT molecular complexity index is 996. The van der Waals surface area contributed by atoms with Crippen LogP contribution in [-0.2, 0) is 0 Å². The maximum Gasteiger partial charge on any atom is 0.228 e. The highest BCUT2D eigenvalue weighted by molar-refractivity contribution is 6.10. The van der Waals surface area contributed by atoms with Gasteiger partial charge in [-0.2, -0.15) is 0 Å². The molecule has 2 N–H and O–H groups in total. The largest absolute Gasteiger partial charge is 0.491 e. The first kappa shape index (κ1) is 21.1. The molecule has 0 spiro atoms. The monoisotopic (exact) mass is 395 g/mol. The van der Waals surface area contributed by atoms with Crippen molar-refractivity contribution in [2.75, 3.05) is 13.2 Å². The van der Waals surface area contributed by atoms with Gasteiger partial charge in [-0.05, 0) is 52.8 Å². The first-order chi connectivity index (χ1) is 13.6. The van der Waals surface area contributed by atoms with Crippen molar-refractivity contribution < 1.29 is 19.1 Å². The molecule has 0 aliphatic rings. The molecular weight excluding hydrogens is 366 g/mol. The lowest BCUT2D eigenvalue weighted by molar-refractivity contribution is 0.100. The number of aliphatic hydroxyl groups is 1. The number of furan rings is 1. The number of rotatable bonds is 7. The molecule has 1 atom stereocenters. The summed E-state index contributed by atoms with van der Waals surface area (Å²) in [4.78, 5) is 12.8. The fourth-order valence-corrected chi connectivity index (χ4v) is 3.02. The topological polar surface area (TPSA) is 71.7 Å². The van der Waals surface area contributed by atoms with Crippen LogP contribution < -0.4 is 10.1 Å². The van der Waals surface area contributed by atoms with Gasteiger partial charge in [-0.3, -0.25) is 4.79 Å². The average Bonchev–Trinajstić information content (AvgIpc) is 3.00. The van der Waals surface area contributed by atoms with Gasteiger partial charge in [0, 0.05) is 28.6 Å². The van der Waals surface area contributed by atoms with E-state index in [4.69, 9.17) is 9.15 Å². The Morgan fingerprint density at radius 1 is 1.14 bits per heavy atom. The van der Waals surface area contributed by atoms with E-state index in [9.17, 15) is 9.90 Å². The zero-order chi connectivity index (χ0) is 21.2. The molecule has 0 radical (unpaired) electrons. The van der Waals surface area contributed by atoms with E-state index in [2.05, 4.69) is 5.32 Å². The van der Waals surface area contributed by atoms with E-state index >= 15 is 0 Å². The van der Waals surface area contributed by atoms with Crippen molar-refractivity contribution in [2.24, 2.45) is 0 Å². The second-order valence-electron chi connectivity index (χ2n) is 8.51. The van der Waals surface area contributed by atoms with Crippen molar-refractivity contribution in [1.29, 1.82) is 0 Å². The first-order valence-corrected chi connectivity index (χ1v) is 9.84. The minimum absolute atomic E-state index is 0.0613. The van der Waals surface area contributed by atoms with Gasteiger partial charge < -0.3 is 19.6 Å². The number of carbonyl (C=O) groups excluding carboxylic acids is 1. The molecule has 3 rings (SSSR count). The number of hydrogen-bond acceptors (Lipinski definition) is 5. The highest BCUT2D eigenvalue weighted by atomic mass is 16.5. The molecule has 1 unspecified atom stereocenters. The summed E-state index contributed by atoms with van der Waals surface area (Å²) in [6.45, 7) is 10.6. The van der Waals surface area contributed by atoms with Gasteiger partial charge in [-0.25, -0.2) is 0 Å². The average molecular weight is 395 g/mol. The van der Waals surface area contributed by atoms with Crippen LogP contribution in [0, 0.1) is 13.8 Å². The van der Waals surface area contributed by atoms with Crippen molar-refractivity contribution in [3.05, 3.63) is 64.9 Å². The molecular formula is C24H29NO4. The molecule has 3 aromatic rings.